The summed E-state index contributed by atoms with van der Waals surface area (Å²) in [4.78, 5) is 25.4. The van der Waals surface area contributed by atoms with E-state index in [1.165, 1.54) is 11.8 Å². The molecule has 0 bridgehead atoms. The van der Waals surface area contributed by atoms with Gasteiger partial charge in [0.2, 0.25) is 5.91 Å². The standard InChI is InChI=1S/C25H27BrClN5O2S/c1-5-12-32-23(22(15(2)3)29-24(34)17-8-6-16(4)7-9-17)30-31-25(32)35-14-21(33)28-18-10-11-19(26)20(27)13-18/h5-11,13,15,22H,1,12,14H2,2-4H3,(H,28,33)(H,29,34)/t22-/m1/s1. The molecular formula is C25H27BrClN5O2S. The second kappa shape index (κ2) is 12.4. The molecule has 2 amide bonds. The first-order valence-electron chi connectivity index (χ1n) is 11.0. The van der Waals surface area contributed by atoms with Crippen LogP contribution in [0.1, 0.15) is 41.6 Å². The fourth-order valence-corrected chi connectivity index (χ4v) is 4.48. The Kier molecular flexibility index (Phi) is 9.54. The van der Waals surface area contributed by atoms with Gasteiger partial charge in [0, 0.05) is 22.3 Å². The van der Waals surface area contributed by atoms with Gasteiger partial charge in [0.05, 0.1) is 16.8 Å². The molecule has 0 aliphatic heterocycles. The maximum absolute atomic E-state index is 12.9. The van der Waals surface area contributed by atoms with Crippen LogP contribution in [0.3, 0.4) is 0 Å². The molecule has 2 N–H and O–H groups in total. The summed E-state index contributed by atoms with van der Waals surface area (Å²) in [5.74, 6) is 0.420. The molecule has 7 nitrogen and oxygen atoms in total. The summed E-state index contributed by atoms with van der Waals surface area (Å²) in [7, 11) is 0. The lowest BCUT2D eigenvalue weighted by molar-refractivity contribution is -0.113. The van der Waals surface area contributed by atoms with Gasteiger partial charge in [0.15, 0.2) is 11.0 Å². The highest BCUT2D eigenvalue weighted by atomic mass is 79.9. The van der Waals surface area contributed by atoms with Gasteiger partial charge in [0.1, 0.15) is 0 Å². The van der Waals surface area contributed by atoms with Crippen molar-refractivity contribution < 1.29 is 9.59 Å². The zero-order chi connectivity index (χ0) is 25.5. The maximum atomic E-state index is 12.9. The van der Waals surface area contributed by atoms with E-state index in [1.54, 1.807) is 36.4 Å². The topological polar surface area (TPSA) is 88.9 Å². The Labute approximate surface area is 222 Å². The number of allylic oxidation sites excluding steroid dienone is 1. The zero-order valence-corrected chi connectivity index (χ0v) is 22.9. The van der Waals surface area contributed by atoms with E-state index in [9.17, 15) is 9.59 Å². The maximum Gasteiger partial charge on any atom is 0.251 e. The third-order valence-corrected chi connectivity index (χ3v) is 7.34. The van der Waals surface area contributed by atoms with E-state index < -0.39 is 0 Å². The number of thioether (sulfide) groups is 1. The van der Waals surface area contributed by atoms with E-state index in [-0.39, 0.29) is 29.5 Å². The van der Waals surface area contributed by atoms with Crippen LogP contribution in [0.5, 0.6) is 0 Å². The number of nitrogens with zero attached hydrogens (tertiary/aromatic N) is 3. The lowest BCUT2D eigenvalue weighted by Crippen LogP contribution is -2.33. The van der Waals surface area contributed by atoms with Crippen LogP contribution < -0.4 is 10.6 Å². The molecule has 1 aromatic heterocycles. The monoisotopic (exact) mass is 575 g/mol. The second-order valence-corrected chi connectivity index (χ2v) is 10.5. The SMILES string of the molecule is C=CCn1c(SCC(=O)Nc2ccc(Br)c(Cl)c2)nnc1[C@H](NC(=O)c1ccc(C)cc1)C(C)C. The zero-order valence-electron chi connectivity index (χ0n) is 19.7. The highest BCUT2D eigenvalue weighted by Crippen LogP contribution is 2.27. The number of benzene rings is 2. The van der Waals surface area contributed by atoms with Crippen LogP contribution >= 0.6 is 39.3 Å². The van der Waals surface area contributed by atoms with Gasteiger partial charge in [-0.05, 0) is 59.1 Å². The Balaban J connectivity index is 1.74. The number of amides is 2. The minimum Gasteiger partial charge on any atom is -0.342 e. The Bertz CT molecular complexity index is 1210. The van der Waals surface area contributed by atoms with Crippen LogP contribution in [0.25, 0.3) is 0 Å². The van der Waals surface area contributed by atoms with E-state index in [1.807, 2.05) is 37.5 Å². The fourth-order valence-electron chi connectivity index (χ4n) is 3.30. The number of rotatable bonds is 10. The summed E-state index contributed by atoms with van der Waals surface area (Å²) in [5.41, 5.74) is 2.27. The third kappa shape index (κ3) is 7.19. The minimum atomic E-state index is -0.371. The van der Waals surface area contributed by atoms with Crippen molar-refractivity contribution in [3.63, 3.8) is 0 Å². The first-order chi connectivity index (χ1) is 16.7. The van der Waals surface area contributed by atoms with Crippen molar-refractivity contribution >= 4 is 56.8 Å². The van der Waals surface area contributed by atoms with Crippen LogP contribution in [0.15, 0.2) is 64.7 Å². The summed E-state index contributed by atoms with van der Waals surface area (Å²) in [6.45, 7) is 10.3. The third-order valence-electron chi connectivity index (χ3n) is 5.14. The number of aromatic nitrogens is 3. The van der Waals surface area contributed by atoms with Crippen LogP contribution in [0.4, 0.5) is 5.69 Å². The number of nitrogens with one attached hydrogen (secondary N) is 2. The van der Waals surface area contributed by atoms with Gasteiger partial charge in [-0.2, -0.15) is 0 Å². The van der Waals surface area contributed by atoms with Gasteiger partial charge in [0.25, 0.3) is 5.91 Å². The van der Waals surface area contributed by atoms with Gasteiger partial charge in [-0.3, -0.25) is 9.59 Å². The van der Waals surface area contributed by atoms with Crippen molar-refractivity contribution in [3.05, 3.63) is 81.6 Å². The molecule has 10 heteroatoms. The van der Waals surface area contributed by atoms with Crippen molar-refractivity contribution in [3.8, 4) is 0 Å². The van der Waals surface area contributed by atoms with Crippen LogP contribution in [0.2, 0.25) is 5.02 Å². The molecule has 3 rings (SSSR count). The van der Waals surface area contributed by atoms with E-state index in [4.69, 9.17) is 11.6 Å². The van der Waals surface area contributed by atoms with Crippen LogP contribution in [-0.4, -0.2) is 32.3 Å². The summed E-state index contributed by atoms with van der Waals surface area (Å²) in [6, 6.07) is 12.3. The molecule has 0 fully saturated rings. The molecule has 2 aromatic carbocycles. The second-order valence-electron chi connectivity index (χ2n) is 8.27. The van der Waals surface area contributed by atoms with E-state index in [0.29, 0.717) is 33.8 Å². The number of anilines is 1. The average Bonchev–Trinajstić information content (AvgIpc) is 3.21. The van der Waals surface area contributed by atoms with Crippen molar-refractivity contribution in [1.82, 2.24) is 20.1 Å². The Morgan fingerprint density at radius 3 is 2.54 bits per heavy atom. The number of hydrogen-bond donors (Lipinski definition) is 2. The Morgan fingerprint density at radius 2 is 1.91 bits per heavy atom. The lowest BCUT2D eigenvalue weighted by Gasteiger charge is -2.22. The molecule has 0 saturated heterocycles. The van der Waals surface area contributed by atoms with Gasteiger partial charge in [-0.25, -0.2) is 0 Å². The predicted octanol–water partition coefficient (Wildman–Crippen LogP) is 6.05. The van der Waals surface area contributed by atoms with Crippen molar-refractivity contribution in [2.45, 2.75) is 38.5 Å². The van der Waals surface area contributed by atoms with Crippen molar-refractivity contribution in [2.24, 2.45) is 5.92 Å². The van der Waals surface area contributed by atoms with Gasteiger partial charge in [-0.15, -0.1) is 16.8 Å². The van der Waals surface area contributed by atoms with Crippen molar-refractivity contribution in [1.29, 1.82) is 0 Å². The number of aryl methyl sites for hydroxylation is 1. The van der Waals surface area contributed by atoms with E-state index in [2.05, 4.69) is 43.3 Å². The molecule has 1 heterocycles. The largest absolute Gasteiger partial charge is 0.342 e. The molecule has 0 aliphatic rings. The Hall–Kier alpha value is -2.62. The molecule has 0 saturated carbocycles. The molecular weight excluding hydrogens is 550 g/mol. The fraction of sp³-hybridized carbons (Fsp3) is 0.280. The highest BCUT2D eigenvalue weighted by molar-refractivity contribution is 9.10. The average molecular weight is 577 g/mol. The Morgan fingerprint density at radius 1 is 1.20 bits per heavy atom. The van der Waals surface area contributed by atoms with Gasteiger partial charge in [-0.1, -0.05) is 61.0 Å². The first-order valence-corrected chi connectivity index (χ1v) is 13.1. The highest BCUT2D eigenvalue weighted by Gasteiger charge is 2.26. The smallest absolute Gasteiger partial charge is 0.251 e. The molecule has 1 atom stereocenters. The van der Waals surface area contributed by atoms with Gasteiger partial charge >= 0.3 is 0 Å². The summed E-state index contributed by atoms with van der Waals surface area (Å²) < 4.78 is 2.63. The quantitative estimate of drug-likeness (QED) is 0.227. The number of carbonyl (C=O) groups excluding carboxylic acids is 2. The molecule has 35 heavy (non-hydrogen) atoms. The number of carbonyl (C=O) groups is 2. The first kappa shape index (κ1) is 27.0. The molecule has 0 radical (unpaired) electrons. The van der Waals surface area contributed by atoms with E-state index in [0.717, 1.165) is 10.0 Å². The summed E-state index contributed by atoms with van der Waals surface area (Å²) in [5, 5.41) is 15.7. The number of halogens is 2. The molecule has 0 spiro atoms. The van der Waals surface area contributed by atoms with E-state index >= 15 is 0 Å². The van der Waals surface area contributed by atoms with Crippen LogP contribution in [0, 0.1) is 12.8 Å². The lowest BCUT2D eigenvalue weighted by atomic mass is 10.0. The molecule has 3 aromatic rings. The number of hydrogen-bond acceptors (Lipinski definition) is 5. The summed E-state index contributed by atoms with van der Waals surface area (Å²) in [6.07, 6.45) is 1.74. The molecule has 184 valence electrons. The van der Waals surface area contributed by atoms with Crippen LogP contribution in [-0.2, 0) is 11.3 Å². The molecule has 0 unspecified atom stereocenters. The molecule has 0 aliphatic carbocycles. The summed E-state index contributed by atoms with van der Waals surface area (Å²) >= 11 is 10.7. The normalized spacial score (nSPS) is 11.8. The van der Waals surface area contributed by atoms with Crippen molar-refractivity contribution in [2.75, 3.05) is 11.1 Å². The predicted molar refractivity (Wildman–Crippen MR) is 145 cm³/mol. The minimum absolute atomic E-state index is 0.0560. The van der Waals surface area contributed by atoms with Gasteiger partial charge < -0.3 is 15.2 Å².